The Morgan fingerprint density at radius 3 is 2.61 bits per heavy atom. The molecule has 1 aliphatic heterocycles. The molecule has 0 unspecified atom stereocenters. The Morgan fingerprint density at radius 1 is 1.11 bits per heavy atom. The van der Waals surface area contributed by atoms with E-state index >= 15 is 0 Å². The van der Waals surface area contributed by atoms with Gasteiger partial charge in [0.2, 0.25) is 0 Å². The number of dihydropyridines is 1. The summed E-state index contributed by atoms with van der Waals surface area (Å²) in [6.07, 6.45) is 2.10. The Balaban J connectivity index is 1.61. The van der Waals surface area contributed by atoms with Crippen LogP contribution < -0.4 is 10.6 Å². The lowest BCUT2D eigenvalue weighted by molar-refractivity contribution is -0.116. The van der Waals surface area contributed by atoms with Gasteiger partial charge in [0.15, 0.2) is 5.78 Å². The largest absolute Gasteiger partial charge is 0.362 e. The molecule has 196 valence electrons. The Morgan fingerprint density at radius 2 is 1.89 bits per heavy atom. The van der Waals surface area contributed by atoms with Gasteiger partial charge in [0, 0.05) is 45.5 Å². The summed E-state index contributed by atoms with van der Waals surface area (Å²) in [6, 6.07) is 18.1. The van der Waals surface area contributed by atoms with Crippen LogP contribution in [0.4, 0.5) is 5.82 Å². The molecule has 5 rings (SSSR count). The van der Waals surface area contributed by atoms with E-state index in [1.165, 1.54) is 14.6 Å². The van der Waals surface area contributed by atoms with Crippen LogP contribution in [0.3, 0.4) is 0 Å². The molecule has 0 radical (unpaired) electrons. The molecule has 0 bridgehead atoms. The number of thioether (sulfide) groups is 1. The summed E-state index contributed by atoms with van der Waals surface area (Å²) in [7, 11) is 0. The second-order valence-corrected chi connectivity index (χ2v) is 12.5. The highest BCUT2D eigenvalue weighted by Gasteiger charge is 2.42. The number of ketones is 1. The molecular formula is C31H33N3O2S2. The van der Waals surface area contributed by atoms with Crippen LogP contribution >= 0.6 is 23.1 Å². The van der Waals surface area contributed by atoms with Gasteiger partial charge in [-0.2, -0.15) is 0 Å². The van der Waals surface area contributed by atoms with Crippen molar-refractivity contribution in [2.24, 2.45) is 0 Å². The number of pyridine rings is 1. The Labute approximate surface area is 232 Å². The Kier molecular flexibility index (Phi) is 7.86. The number of Topliss-reactive ketones (excluding diaryl/α,β-unsaturated/α-hetero) is 1. The average molecular weight is 544 g/mol. The third-order valence-corrected chi connectivity index (χ3v) is 9.66. The van der Waals surface area contributed by atoms with Gasteiger partial charge in [-0.05, 0) is 67.7 Å². The van der Waals surface area contributed by atoms with Crippen LogP contribution in [0.15, 0.2) is 81.3 Å². The molecule has 2 atom stereocenters. The van der Waals surface area contributed by atoms with E-state index in [9.17, 15) is 9.59 Å². The number of amides is 1. The predicted molar refractivity (Wildman–Crippen MR) is 157 cm³/mol. The SMILES string of the molecule is CCSc1sc(CC)cc1[C@@H]1C(C(=O)Nc2cccc(C)n2)=C(C)NC2=C1C(=O)C[C@H](c1ccccc1)C2. The van der Waals surface area contributed by atoms with E-state index in [1.54, 1.807) is 29.2 Å². The molecule has 0 saturated heterocycles. The molecule has 2 aliphatic rings. The van der Waals surface area contributed by atoms with Gasteiger partial charge in [-0.1, -0.05) is 50.2 Å². The summed E-state index contributed by atoms with van der Waals surface area (Å²) < 4.78 is 1.19. The Hall–Kier alpha value is -3.16. The molecule has 1 aromatic carbocycles. The van der Waals surface area contributed by atoms with E-state index in [1.807, 2.05) is 44.2 Å². The highest BCUT2D eigenvalue weighted by atomic mass is 32.2. The van der Waals surface area contributed by atoms with Crippen molar-refractivity contribution in [1.82, 2.24) is 10.3 Å². The molecule has 0 saturated carbocycles. The molecule has 5 nitrogen and oxygen atoms in total. The number of nitrogens with one attached hydrogen (secondary N) is 2. The number of allylic oxidation sites excluding steroid dienone is 3. The highest BCUT2D eigenvalue weighted by Crippen LogP contribution is 2.49. The monoisotopic (exact) mass is 543 g/mol. The number of thiophene rings is 1. The Bertz CT molecular complexity index is 1440. The maximum Gasteiger partial charge on any atom is 0.255 e. The summed E-state index contributed by atoms with van der Waals surface area (Å²) in [5.41, 5.74) is 6.14. The quantitative estimate of drug-likeness (QED) is 0.310. The van der Waals surface area contributed by atoms with Crippen molar-refractivity contribution >= 4 is 40.6 Å². The van der Waals surface area contributed by atoms with E-state index in [2.05, 4.69) is 47.7 Å². The zero-order valence-electron chi connectivity index (χ0n) is 22.3. The fraction of sp³-hybridized carbons (Fsp3) is 0.323. The van der Waals surface area contributed by atoms with Gasteiger partial charge in [0.1, 0.15) is 5.82 Å². The molecule has 1 amide bonds. The third-order valence-electron chi connectivity index (χ3n) is 7.18. The molecular weight excluding hydrogens is 510 g/mol. The minimum Gasteiger partial charge on any atom is -0.362 e. The lowest BCUT2D eigenvalue weighted by atomic mass is 9.72. The van der Waals surface area contributed by atoms with Gasteiger partial charge >= 0.3 is 0 Å². The first-order chi connectivity index (χ1) is 18.4. The minimum atomic E-state index is -0.411. The first kappa shape index (κ1) is 26.4. The van der Waals surface area contributed by atoms with Crippen molar-refractivity contribution in [3.8, 4) is 0 Å². The van der Waals surface area contributed by atoms with Crippen LogP contribution in [0.5, 0.6) is 0 Å². The van der Waals surface area contributed by atoms with E-state index in [4.69, 9.17) is 0 Å². The zero-order valence-corrected chi connectivity index (χ0v) is 23.9. The standard InChI is InChI=1S/C31H33N3O2S2/c1-5-22-17-23(31(38-22)37-6-2)28-27(30(36)34-26-14-10-11-18(3)32-26)19(4)33-24-15-21(16-25(35)29(24)28)20-12-8-7-9-13-20/h7-14,17,21,28,33H,5-6,15-16H2,1-4H3,(H,32,34,36)/t21-,28-/m1/s1. The number of carbonyl (C=O) groups is 2. The number of benzene rings is 1. The second kappa shape index (κ2) is 11.3. The summed E-state index contributed by atoms with van der Waals surface area (Å²) >= 11 is 3.57. The van der Waals surface area contributed by atoms with Crippen LogP contribution in [0.1, 0.15) is 67.1 Å². The van der Waals surface area contributed by atoms with E-state index < -0.39 is 5.92 Å². The normalized spacial score (nSPS) is 19.3. The molecule has 38 heavy (non-hydrogen) atoms. The minimum absolute atomic E-state index is 0.112. The predicted octanol–water partition coefficient (Wildman–Crippen LogP) is 7.13. The van der Waals surface area contributed by atoms with Crippen LogP contribution in [0.2, 0.25) is 0 Å². The number of carbonyl (C=O) groups excluding carboxylic acids is 2. The van der Waals surface area contributed by atoms with Crippen molar-refractivity contribution in [2.75, 3.05) is 11.1 Å². The summed E-state index contributed by atoms with van der Waals surface area (Å²) in [6.45, 7) is 8.14. The van der Waals surface area contributed by atoms with Gasteiger partial charge < -0.3 is 10.6 Å². The first-order valence-corrected chi connectivity index (χ1v) is 15.0. The number of nitrogens with zero attached hydrogens (tertiary/aromatic N) is 1. The molecule has 0 fully saturated rings. The fourth-order valence-electron chi connectivity index (χ4n) is 5.47. The topological polar surface area (TPSA) is 71.1 Å². The lowest BCUT2D eigenvalue weighted by Gasteiger charge is -2.37. The summed E-state index contributed by atoms with van der Waals surface area (Å²) in [4.78, 5) is 33.6. The number of aromatic nitrogens is 1. The van der Waals surface area contributed by atoms with Crippen LogP contribution in [-0.2, 0) is 16.0 Å². The maximum absolute atomic E-state index is 14.0. The average Bonchev–Trinajstić information content (AvgIpc) is 3.31. The molecule has 0 spiro atoms. The van der Waals surface area contributed by atoms with Crippen LogP contribution in [0.25, 0.3) is 0 Å². The van der Waals surface area contributed by atoms with Crippen molar-refractivity contribution in [1.29, 1.82) is 0 Å². The maximum atomic E-state index is 14.0. The lowest BCUT2D eigenvalue weighted by Crippen LogP contribution is -2.37. The molecule has 3 aromatic rings. The zero-order chi connectivity index (χ0) is 26.8. The molecule has 3 heterocycles. The van der Waals surface area contributed by atoms with Crippen molar-refractivity contribution in [3.05, 3.63) is 98.8 Å². The van der Waals surface area contributed by atoms with Crippen molar-refractivity contribution in [2.45, 2.75) is 63.0 Å². The van der Waals surface area contributed by atoms with E-state index in [-0.39, 0.29) is 17.6 Å². The number of anilines is 1. The molecule has 2 aromatic heterocycles. The summed E-state index contributed by atoms with van der Waals surface area (Å²) in [5, 5.41) is 6.52. The van der Waals surface area contributed by atoms with Gasteiger partial charge in [-0.15, -0.1) is 23.1 Å². The van der Waals surface area contributed by atoms with Crippen LogP contribution in [0, 0.1) is 6.92 Å². The van der Waals surface area contributed by atoms with E-state index in [0.717, 1.165) is 46.8 Å². The van der Waals surface area contributed by atoms with Crippen molar-refractivity contribution < 1.29 is 9.59 Å². The number of aryl methyl sites for hydroxylation is 2. The first-order valence-electron chi connectivity index (χ1n) is 13.2. The van der Waals surface area contributed by atoms with E-state index in [0.29, 0.717) is 17.8 Å². The molecule has 1 aliphatic carbocycles. The van der Waals surface area contributed by atoms with Crippen molar-refractivity contribution in [3.63, 3.8) is 0 Å². The summed E-state index contributed by atoms with van der Waals surface area (Å²) in [5.74, 6) is 1.03. The highest BCUT2D eigenvalue weighted by molar-refractivity contribution is 8.01. The number of rotatable bonds is 7. The van der Waals surface area contributed by atoms with Crippen LogP contribution in [-0.4, -0.2) is 22.4 Å². The van der Waals surface area contributed by atoms with Gasteiger partial charge in [0.25, 0.3) is 5.91 Å². The third kappa shape index (κ3) is 5.22. The molecule has 7 heteroatoms. The second-order valence-electron chi connectivity index (χ2n) is 9.79. The smallest absolute Gasteiger partial charge is 0.255 e. The fourth-order valence-corrected chi connectivity index (χ4v) is 7.85. The molecule has 2 N–H and O–H groups in total. The van der Waals surface area contributed by atoms with Gasteiger partial charge in [-0.3, -0.25) is 9.59 Å². The van der Waals surface area contributed by atoms with Gasteiger partial charge in [-0.25, -0.2) is 4.98 Å². The number of hydrogen-bond donors (Lipinski definition) is 2. The van der Waals surface area contributed by atoms with Gasteiger partial charge in [0.05, 0.1) is 4.21 Å². The number of hydrogen-bond acceptors (Lipinski definition) is 6.